The second kappa shape index (κ2) is 11.7. The molecule has 7 nitrogen and oxygen atoms in total. The third kappa shape index (κ3) is 6.15. The third-order valence-corrected chi connectivity index (χ3v) is 11.7. The fourth-order valence-corrected chi connectivity index (χ4v) is 9.40. The summed E-state index contributed by atoms with van der Waals surface area (Å²) in [4.78, 5) is 3.78. The van der Waals surface area contributed by atoms with Crippen LogP contribution in [0.25, 0.3) is 0 Å². The normalized spacial score (nSPS) is 44.5. The summed E-state index contributed by atoms with van der Waals surface area (Å²) in [6, 6.07) is 0. The van der Waals surface area contributed by atoms with E-state index in [1.807, 2.05) is 0 Å². The van der Waals surface area contributed by atoms with E-state index in [0.29, 0.717) is 36.0 Å². The van der Waals surface area contributed by atoms with Gasteiger partial charge in [0.1, 0.15) is 0 Å². The van der Waals surface area contributed by atoms with E-state index in [1.165, 1.54) is 12.8 Å². The van der Waals surface area contributed by atoms with Gasteiger partial charge in [-0.1, -0.05) is 20.8 Å². The summed E-state index contributed by atoms with van der Waals surface area (Å²) in [7, 11) is -4.10. The molecule has 4 fully saturated rings. The number of rotatable bonds is 7. The molecule has 10 atom stereocenters. The monoisotopic (exact) mass is 583 g/mol. The van der Waals surface area contributed by atoms with E-state index in [9.17, 15) is 23.7 Å². The molecule has 0 aromatic carbocycles. The minimum atomic E-state index is -4.10. The van der Waals surface area contributed by atoms with Crippen LogP contribution >= 0.6 is 0 Å². The van der Waals surface area contributed by atoms with Crippen LogP contribution in [-0.4, -0.2) is 53.6 Å². The number of hydrogen-bond acceptors (Lipinski definition) is 6. The van der Waals surface area contributed by atoms with Gasteiger partial charge in [-0.15, -0.1) is 0 Å². The van der Waals surface area contributed by atoms with Crippen LogP contribution in [0.15, 0.2) is 4.99 Å². The van der Waals surface area contributed by atoms with E-state index >= 15 is 0 Å². The smallest absolute Gasteiger partial charge is 0.862 e. The van der Waals surface area contributed by atoms with Crippen LogP contribution in [0.5, 0.6) is 0 Å². The van der Waals surface area contributed by atoms with Gasteiger partial charge < -0.3 is 20.3 Å². The Morgan fingerprint density at radius 2 is 1.80 bits per heavy atom. The van der Waals surface area contributed by atoms with Gasteiger partial charge in [-0.2, -0.15) is 8.42 Å². The van der Waals surface area contributed by atoms with E-state index in [1.54, 1.807) is 0 Å². The van der Waals surface area contributed by atoms with Crippen LogP contribution in [0, 0.1) is 46.3 Å². The molecule has 0 heterocycles. The molecule has 0 aromatic heterocycles. The van der Waals surface area contributed by atoms with Crippen LogP contribution in [0.1, 0.15) is 85.0 Å². The van der Waals surface area contributed by atoms with E-state index in [2.05, 4.69) is 25.8 Å². The molecular weight excluding hydrogens is 540 g/mol. The van der Waals surface area contributed by atoms with Crippen molar-refractivity contribution < 1.29 is 86.5 Å². The Morgan fingerprint density at radius 1 is 1.09 bits per heavy atom. The van der Waals surface area contributed by atoms with Crippen LogP contribution in [0.2, 0.25) is 0 Å². The quantitative estimate of drug-likeness (QED) is 0.220. The van der Waals surface area contributed by atoms with E-state index in [4.69, 9.17) is 4.55 Å². The van der Waals surface area contributed by atoms with Gasteiger partial charge in [0, 0.05) is 0 Å². The van der Waals surface area contributed by atoms with Crippen molar-refractivity contribution in [3.05, 3.63) is 0 Å². The van der Waals surface area contributed by atoms with E-state index < -0.39 is 15.9 Å². The van der Waals surface area contributed by atoms with Crippen molar-refractivity contribution in [3.63, 3.8) is 0 Å². The molecule has 4 aliphatic carbocycles. The molecule has 0 aromatic rings. The zero-order valence-electron chi connectivity index (χ0n) is 22.0. The Morgan fingerprint density at radius 3 is 2.49 bits per heavy atom. The van der Waals surface area contributed by atoms with E-state index in [0.717, 1.165) is 38.5 Å². The Bertz CT molecular complexity index is 883. The fraction of sp³-hybridized carbons (Fsp3) is 0.962. The summed E-state index contributed by atoms with van der Waals surface area (Å²) in [5.74, 6) is 2.04. The van der Waals surface area contributed by atoms with Gasteiger partial charge in [-0.3, -0.25) is 4.55 Å². The second-order valence-electron chi connectivity index (χ2n) is 12.5. The van der Waals surface area contributed by atoms with Gasteiger partial charge >= 0.3 is 58.2 Å². The van der Waals surface area contributed by atoms with Crippen molar-refractivity contribution in [1.29, 1.82) is 0 Å². The Kier molecular flexibility index (Phi) is 10.2. The predicted octanol–water partition coefficient (Wildman–Crippen LogP) is 0.0439. The molecule has 196 valence electrons. The SMILES string of the molecule is C[C@H](CCC([O-])=NCCS(=O)(=O)O)[C@H]1CC[C@H]2[C@@H]3CC[C@@H]4C[C@H](O)CC[C@]4(C)[C@H]3C[C@H](O)[C@]12C.[Rb+]. The van der Waals surface area contributed by atoms with Gasteiger partial charge in [0.05, 0.1) is 24.5 Å². The van der Waals surface area contributed by atoms with Crippen molar-refractivity contribution in [2.24, 2.45) is 51.3 Å². The van der Waals surface area contributed by atoms with Crippen molar-refractivity contribution in [1.82, 2.24) is 0 Å². The first-order valence-electron chi connectivity index (χ1n) is 13.4. The molecule has 0 bridgehead atoms. The largest absolute Gasteiger partial charge is 1.00 e. The number of aliphatic hydroxyl groups is 2. The minimum Gasteiger partial charge on any atom is -0.862 e. The molecule has 0 radical (unpaired) electrons. The number of aliphatic imine (C=N–C) groups is 1. The second-order valence-corrected chi connectivity index (χ2v) is 14.0. The predicted molar refractivity (Wildman–Crippen MR) is 130 cm³/mol. The Balaban J connectivity index is 0.00000342. The maximum absolute atomic E-state index is 12.1. The summed E-state index contributed by atoms with van der Waals surface area (Å²) in [5, 5.41) is 34.0. The standard InChI is InChI=1S/C26H45NO6S.Rb/c1-16(4-9-24(30)27-12-13-34(31,32)33)20-7-8-21-19-6-5-17-14-18(28)10-11-25(17,2)22(19)15-23(29)26(20,21)3;/h16-23,28-29H,4-15H2,1-3H3,(H,27,30)(H,31,32,33);/q;+1/p-1/t16-,17-,18-,19+,20-,21+,22+,23+,25+,26-;/m1./s1. The number of fused-ring (bicyclic) bond motifs is 5. The first-order chi connectivity index (χ1) is 15.9. The van der Waals surface area contributed by atoms with Gasteiger partial charge in [0.15, 0.2) is 0 Å². The summed E-state index contributed by atoms with van der Waals surface area (Å²) >= 11 is 0. The topological polar surface area (TPSA) is 130 Å². The van der Waals surface area contributed by atoms with Crippen LogP contribution in [0.3, 0.4) is 0 Å². The number of hydrogen-bond donors (Lipinski definition) is 3. The molecule has 35 heavy (non-hydrogen) atoms. The first-order valence-corrected chi connectivity index (χ1v) is 15.0. The molecule has 4 saturated carbocycles. The van der Waals surface area contributed by atoms with Gasteiger partial charge in [-0.25, -0.2) is 0 Å². The van der Waals surface area contributed by atoms with Gasteiger partial charge in [0.25, 0.3) is 10.1 Å². The summed E-state index contributed by atoms with van der Waals surface area (Å²) in [6.07, 6.45) is 8.79. The maximum atomic E-state index is 12.1. The molecule has 4 aliphatic rings. The average molecular weight is 584 g/mol. The molecule has 0 unspecified atom stereocenters. The van der Waals surface area contributed by atoms with E-state index in [-0.39, 0.29) is 106 Å². The molecule has 4 rings (SSSR count). The molecular formula is C26H44NO6RbS. The first kappa shape index (κ1) is 30.6. The van der Waals surface area contributed by atoms with Crippen molar-refractivity contribution >= 4 is 16.0 Å². The minimum absolute atomic E-state index is 0. The average Bonchev–Trinajstić information content (AvgIpc) is 3.11. The zero-order chi connectivity index (χ0) is 24.9. The molecule has 9 heteroatoms. The fourth-order valence-electron chi connectivity index (χ4n) is 9.08. The van der Waals surface area contributed by atoms with Crippen LogP contribution in [-0.2, 0) is 10.1 Å². The van der Waals surface area contributed by atoms with Crippen LogP contribution < -0.4 is 63.3 Å². The van der Waals surface area contributed by atoms with Gasteiger partial charge in [-0.05, 0) is 116 Å². The summed E-state index contributed by atoms with van der Waals surface area (Å²) in [6.45, 7) is 6.71. The van der Waals surface area contributed by atoms with Crippen molar-refractivity contribution in [3.8, 4) is 0 Å². The molecule has 0 aliphatic heterocycles. The third-order valence-electron chi connectivity index (χ3n) is 11.0. The Labute approximate surface area is 260 Å². The molecule has 3 N–H and O–H groups in total. The zero-order valence-corrected chi connectivity index (χ0v) is 27.8. The summed E-state index contributed by atoms with van der Waals surface area (Å²) in [5.41, 5.74) is 0.0905. The Hall–Kier alpha value is 1.11. The van der Waals surface area contributed by atoms with Crippen LogP contribution in [0.4, 0.5) is 0 Å². The maximum Gasteiger partial charge on any atom is 1.00 e. The van der Waals surface area contributed by atoms with Crippen molar-refractivity contribution in [2.45, 2.75) is 97.2 Å². The molecule has 0 spiro atoms. The van der Waals surface area contributed by atoms with Gasteiger partial charge in [0.2, 0.25) is 0 Å². The van der Waals surface area contributed by atoms with Crippen molar-refractivity contribution in [2.75, 3.05) is 12.3 Å². The molecule has 0 saturated heterocycles. The number of aliphatic hydroxyl groups excluding tert-OH is 2. The summed E-state index contributed by atoms with van der Waals surface area (Å²) < 4.78 is 30.4. The molecule has 0 amide bonds. The number of nitrogens with zero attached hydrogens (tertiary/aromatic N) is 1.